The van der Waals surface area contributed by atoms with E-state index in [0.29, 0.717) is 5.56 Å². The molecule has 1 aromatic rings. The Hall–Kier alpha value is -1.81. The number of hydrogen-bond acceptors (Lipinski definition) is 2. The van der Waals surface area contributed by atoms with E-state index in [-0.39, 0.29) is 0 Å². The van der Waals surface area contributed by atoms with Gasteiger partial charge in [0.2, 0.25) is 0 Å². The van der Waals surface area contributed by atoms with E-state index in [4.69, 9.17) is 11.8 Å². The molecule has 3 amide bonds. The van der Waals surface area contributed by atoms with E-state index in [1.807, 2.05) is 19.1 Å². The third-order valence-electron chi connectivity index (χ3n) is 3.17. The van der Waals surface area contributed by atoms with Crippen LogP contribution in [0.4, 0.5) is 4.79 Å². The molecule has 0 bridgehead atoms. The van der Waals surface area contributed by atoms with Crippen molar-refractivity contribution >= 4 is 29.3 Å². The largest absolute Gasteiger partial charge is 0.340 e. The highest BCUT2D eigenvalue weighted by molar-refractivity contribution is 6.28. The van der Waals surface area contributed by atoms with Crippen LogP contribution in [0.5, 0.6) is 0 Å². The number of nitrogens with zero attached hydrogens (tertiary/aromatic N) is 1. The van der Waals surface area contributed by atoms with E-state index in [9.17, 15) is 9.59 Å². The van der Waals surface area contributed by atoms with Crippen LogP contribution < -0.4 is 5.32 Å². The predicted molar refractivity (Wildman–Crippen MR) is 69.7 cm³/mol. The number of allylic oxidation sites excluding steroid dienone is 1. The van der Waals surface area contributed by atoms with Crippen molar-refractivity contribution in [3.8, 4) is 0 Å². The van der Waals surface area contributed by atoms with Crippen LogP contribution in [0.1, 0.15) is 25.0 Å². The Balaban J connectivity index is 2.44. The molecule has 94 valence electrons. The quantitative estimate of drug-likeness (QED) is 0.659. The summed E-state index contributed by atoms with van der Waals surface area (Å²) in [7, 11) is 0. The molecule has 1 atom stereocenters. The fourth-order valence-electron chi connectivity index (χ4n) is 1.88. The van der Waals surface area contributed by atoms with Crippen molar-refractivity contribution in [3.05, 3.63) is 42.0 Å². The molecule has 1 aliphatic rings. The Bertz CT molecular complexity index is 538. The van der Waals surface area contributed by atoms with Crippen LogP contribution in [-0.2, 0) is 10.3 Å². The van der Waals surface area contributed by atoms with Gasteiger partial charge in [0, 0.05) is 11.8 Å². The number of carbonyl (C=O) groups excluding carboxylic acids is 2. The van der Waals surface area contributed by atoms with Gasteiger partial charge >= 0.3 is 6.03 Å². The zero-order valence-corrected chi connectivity index (χ0v) is 10.9. The Labute approximate surface area is 110 Å². The summed E-state index contributed by atoms with van der Waals surface area (Å²) in [6.07, 6.45) is 0. The highest BCUT2D eigenvalue weighted by Crippen LogP contribution is 2.34. The minimum absolute atomic E-state index is 0.425. The third kappa shape index (κ3) is 1.69. The second kappa shape index (κ2) is 4.14. The van der Waals surface area contributed by atoms with Gasteiger partial charge in [-0.1, -0.05) is 36.4 Å². The first-order valence-electron chi connectivity index (χ1n) is 5.45. The van der Waals surface area contributed by atoms with Gasteiger partial charge in [-0.25, -0.2) is 9.21 Å². The Kier molecular flexibility index (Phi) is 2.91. The summed E-state index contributed by atoms with van der Waals surface area (Å²) >= 11 is 5.88. The van der Waals surface area contributed by atoms with E-state index in [1.165, 1.54) is 0 Å². The number of rotatable bonds is 2. The van der Waals surface area contributed by atoms with Crippen LogP contribution in [-0.4, -0.2) is 16.4 Å². The van der Waals surface area contributed by atoms with Crippen molar-refractivity contribution in [2.45, 2.75) is 19.4 Å². The molecule has 18 heavy (non-hydrogen) atoms. The maximum absolute atomic E-state index is 11.9. The van der Waals surface area contributed by atoms with Crippen LogP contribution in [0.25, 0.3) is 5.57 Å². The Morgan fingerprint density at radius 2 is 1.89 bits per heavy atom. The number of halogens is 1. The molecule has 0 saturated carbocycles. The average molecular weight is 265 g/mol. The maximum atomic E-state index is 11.9. The van der Waals surface area contributed by atoms with Crippen LogP contribution in [0.15, 0.2) is 30.8 Å². The van der Waals surface area contributed by atoms with Crippen LogP contribution in [0.2, 0.25) is 0 Å². The van der Waals surface area contributed by atoms with Crippen molar-refractivity contribution in [1.82, 2.24) is 9.74 Å². The molecule has 4 nitrogen and oxygen atoms in total. The lowest BCUT2D eigenvalue weighted by Gasteiger charge is -2.26. The molecule has 1 aromatic carbocycles. The lowest BCUT2D eigenvalue weighted by atomic mass is 9.91. The van der Waals surface area contributed by atoms with Gasteiger partial charge in [0.05, 0.1) is 0 Å². The number of benzene rings is 1. The molecule has 0 spiro atoms. The lowest BCUT2D eigenvalue weighted by Crippen LogP contribution is -2.39. The van der Waals surface area contributed by atoms with Crippen molar-refractivity contribution in [3.63, 3.8) is 0 Å². The Morgan fingerprint density at radius 3 is 2.28 bits per heavy atom. The highest BCUT2D eigenvalue weighted by atomic mass is 35.5. The molecule has 5 heteroatoms. The van der Waals surface area contributed by atoms with Crippen LogP contribution in [0, 0.1) is 0 Å². The fraction of sp³-hybridized carbons (Fsp3) is 0.231. The number of hydrogen-bond donors (Lipinski definition) is 1. The van der Waals surface area contributed by atoms with Crippen molar-refractivity contribution in [2.24, 2.45) is 0 Å². The first-order valence-corrected chi connectivity index (χ1v) is 5.79. The standard InChI is InChI=1S/C13H13ClN2O2/c1-8(2)9-4-6-10(7-5-9)13(3)11(17)15-12(18)16(13)14/h4-7H,1H2,2-3H3,(H,15,17,18). The van der Waals surface area contributed by atoms with Crippen molar-refractivity contribution < 1.29 is 9.59 Å². The summed E-state index contributed by atoms with van der Waals surface area (Å²) in [6.45, 7) is 7.35. The molecule has 0 aromatic heterocycles. The molecule has 1 N–H and O–H groups in total. The van der Waals surface area contributed by atoms with Gasteiger partial charge in [0.1, 0.15) is 0 Å². The number of urea groups is 1. The Morgan fingerprint density at radius 1 is 1.33 bits per heavy atom. The predicted octanol–water partition coefficient (Wildman–Crippen LogP) is 2.64. The summed E-state index contributed by atoms with van der Waals surface area (Å²) in [5.41, 5.74) is 1.40. The van der Waals surface area contributed by atoms with Gasteiger partial charge in [-0.3, -0.25) is 10.1 Å². The summed E-state index contributed by atoms with van der Waals surface area (Å²) in [6, 6.07) is 6.65. The lowest BCUT2D eigenvalue weighted by molar-refractivity contribution is -0.125. The molecular formula is C13H13ClN2O2. The topological polar surface area (TPSA) is 49.4 Å². The molecule has 1 aliphatic heterocycles. The molecule has 1 unspecified atom stereocenters. The van der Waals surface area contributed by atoms with E-state index in [0.717, 1.165) is 15.6 Å². The van der Waals surface area contributed by atoms with Gasteiger partial charge < -0.3 is 0 Å². The second-order valence-electron chi connectivity index (χ2n) is 4.47. The van der Waals surface area contributed by atoms with E-state index in [2.05, 4.69) is 11.9 Å². The van der Waals surface area contributed by atoms with Gasteiger partial charge in [0.15, 0.2) is 5.54 Å². The average Bonchev–Trinajstić information content (AvgIpc) is 2.54. The monoisotopic (exact) mass is 264 g/mol. The van der Waals surface area contributed by atoms with Crippen molar-refractivity contribution in [1.29, 1.82) is 0 Å². The normalized spacial score (nSPS) is 23.2. The number of imide groups is 1. The fourth-order valence-corrected chi connectivity index (χ4v) is 2.10. The SMILES string of the molecule is C=C(C)c1ccc(C2(C)C(=O)NC(=O)N2Cl)cc1. The van der Waals surface area contributed by atoms with E-state index in [1.54, 1.807) is 19.1 Å². The minimum atomic E-state index is -1.17. The smallest absolute Gasteiger partial charge is 0.274 e. The summed E-state index contributed by atoms with van der Waals surface area (Å²) < 4.78 is 0.894. The number of amides is 3. The molecule has 0 aliphatic carbocycles. The second-order valence-corrected chi connectivity index (χ2v) is 4.81. The van der Waals surface area contributed by atoms with Gasteiger partial charge in [-0.2, -0.15) is 0 Å². The molecule has 1 heterocycles. The molecule has 2 rings (SSSR count). The van der Waals surface area contributed by atoms with Gasteiger partial charge in [-0.15, -0.1) is 0 Å². The number of carbonyl (C=O) groups is 2. The summed E-state index contributed by atoms with van der Waals surface area (Å²) in [4.78, 5) is 23.3. The van der Waals surface area contributed by atoms with Gasteiger partial charge in [-0.05, 0) is 25.0 Å². The number of nitrogens with one attached hydrogen (secondary N) is 1. The zero-order chi connectivity index (χ0) is 13.5. The maximum Gasteiger partial charge on any atom is 0.340 e. The van der Waals surface area contributed by atoms with Crippen LogP contribution in [0.3, 0.4) is 0 Å². The third-order valence-corrected chi connectivity index (χ3v) is 3.66. The molecule has 1 saturated heterocycles. The summed E-state index contributed by atoms with van der Waals surface area (Å²) in [5, 5.41) is 2.19. The van der Waals surface area contributed by atoms with E-state index < -0.39 is 17.5 Å². The highest BCUT2D eigenvalue weighted by Gasteiger charge is 2.50. The zero-order valence-electron chi connectivity index (χ0n) is 10.2. The molecule has 0 radical (unpaired) electrons. The van der Waals surface area contributed by atoms with Crippen LogP contribution >= 0.6 is 11.8 Å². The summed E-state index contributed by atoms with van der Waals surface area (Å²) in [5.74, 6) is -0.425. The minimum Gasteiger partial charge on any atom is -0.274 e. The van der Waals surface area contributed by atoms with Gasteiger partial charge in [0.25, 0.3) is 5.91 Å². The van der Waals surface area contributed by atoms with Crippen molar-refractivity contribution in [2.75, 3.05) is 0 Å². The molecular weight excluding hydrogens is 252 g/mol. The first kappa shape index (κ1) is 12.6. The first-order chi connectivity index (χ1) is 8.37. The molecule has 1 fully saturated rings. The van der Waals surface area contributed by atoms with E-state index >= 15 is 0 Å².